The lowest BCUT2D eigenvalue weighted by atomic mass is 9.95. The van der Waals surface area contributed by atoms with Crippen molar-refractivity contribution in [1.82, 2.24) is 0 Å². The van der Waals surface area contributed by atoms with Crippen molar-refractivity contribution in [2.75, 3.05) is 11.8 Å². The van der Waals surface area contributed by atoms with Crippen molar-refractivity contribution < 1.29 is 4.74 Å². The number of hydrogen-bond acceptors (Lipinski definition) is 1. The maximum Gasteiger partial charge on any atom is 0.0633 e. The predicted molar refractivity (Wildman–Crippen MR) is 87.6 cm³/mol. The van der Waals surface area contributed by atoms with E-state index in [1.807, 2.05) is 0 Å². The Morgan fingerprint density at radius 2 is 1.00 bits per heavy atom. The van der Waals surface area contributed by atoms with Crippen molar-refractivity contribution in [3.8, 4) is 0 Å². The van der Waals surface area contributed by atoms with Crippen molar-refractivity contribution >= 4 is 23.2 Å². The molecule has 0 saturated carbocycles. The Kier molecular flexibility index (Phi) is 10.6. The topological polar surface area (TPSA) is 9.23 Å². The van der Waals surface area contributed by atoms with Crippen LogP contribution in [0.25, 0.3) is 0 Å². The largest absolute Gasteiger partial charge is 0.370 e. The molecule has 0 aliphatic heterocycles. The minimum atomic E-state index is -0.0394. The lowest BCUT2D eigenvalue weighted by Gasteiger charge is -2.36. The van der Waals surface area contributed by atoms with E-state index in [0.29, 0.717) is 0 Å². The summed E-state index contributed by atoms with van der Waals surface area (Å²) in [5.74, 6) is 1.54. The molecule has 116 valence electrons. The van der Waals surface area contributed by atoms with Crippen LogP contribution in [0, 0.1) is 0 Å². The highest BCUT2D eigenvalue weighted by atomic mass is 35.5. The highest BCUT2D eigenvalue weighted by Crippen LogP contribution is 2.29. The maximum atomic E-state index is 6.32. The quantitative estimate of drug-likeness (QED) is 0.310. The zero-order valence-electron chi connectivity index (χ0n) is 13.2. The fourth-order valence-corrected chi connectivity index (χ4v) is 2.87. The van der Waals surface area contributed by atoms with Gasteiger partial charge in [0.2, 0.25) is 0 Å². The lowest BCUT2D eigenvalue weighted by Crippen LogP contribution is -2.37. The van der Waals surface area contributed by atoms with Crippen LogP contribution < -0.4 is 0 Å². The molecular weight excluding hydrogens is 279 g/mol. The van der Waals surface area contributed by atoms with Crippen molar-refractivity contribution in [3.05, 3.63) is 0 Å². The molecule has 0 heterocycles. The summed E-state index contributed by atoms with van der Waals surface area (Å²) in [6.45, 7) is 8.81. The molecule has 0 rings (SSSR count). The van der Waals surface area contributed by atoms with Gasteiger partial charge in [0, 0.05) is 11.8 Å². The third-order valence-electron chi connectivity index (χ3n) is 3.38. The second-order valence-electron chi connectivity index (χ2n) is 6.62. The van der Waals surface area contributed by atoms with Gasteiger partial charge in [-0.3, -0.25) is 0 Å². The zero-order chi connectivity index (χ0) is 14.8. The molecular formula is C16H32Cl2O. The first-order chi connectivity index (χ1) is 8.83. The normalized spacial score (nSPS) is 12.9. The average molecular weight is 311 g/mol. The van der Waals surface area contributed by atoms with E-state index in [9.17, 15) is 0 Å². The van der Waals surface area contributed by atoms with Crippen molar-refractivity contribution in [1.29, 1.82) is 0 Å². The summed E-state index contributed by atoms with van der Waals surface area (Å²) < 4.78 is 6.32. The second-order valence-corrected chi connectivity index (χ2v) is 7.38. The monoisotopic (exact) mass is 310 g/mol. The van der Waals surface area contributed by atoms with E-state index in [1.54, 1.807) is 0 Å². The standard InChI is InChI=1S/C16H32Cl2O/c1-15(2,11-7-5-9-13-17)19-16(3,4)12-8-6-10-14-18/h5-14H2,1-4H3. The number of alkyl halides is 2. The number of ether oxygens (including phenoxy) is 1. The zero-order valence-corrected chi connectivity index (χ0v) is 14.7. The van der Waals surface area contributed by atoms with Crippen LogP contribution in [0.1, 0.15) is 79.1 Å². The molecule has 0 atom stereocenters. The third kappa shape index (κ3) is 12.0. The average Bonchev–Trinajstić information content (AvgIpc) is 2.29. The second kappa shape index (κ2) is 10.3. The summed E-state index contributed by atoms with van der Waals surface area (Å²) >= 11 is 11.4. The van der Waals surface area contributed by atoms with Gasteiger partial charge in [-0.25, -0.2) is 0 Å². The van der Waals surface area contributed by atoms with Gasteiger partial charge >= 0.3 is 0 Å². The first kappa shape index (κ1) is 19.5. The summed E-state index contributed by atoms with van der Waals surface area (Å²) in [7, 11) is 0. The molecule has 0 N–H and O–H groups in total. The van der Waals surface area contributed by atoms with Gasteiger partial charge in [-0.15, -0.1) is 23.2 Å². The SMILES string of the molecule is CC(C)(CCCCCCl)OC(C)(C)CCCCCCl. The van der Waals surface area contributed by atoms with Crippen LogP contribution in [0.5, 0.6) is 0 Å². The molecule has 0 amide bonds. The molecule has 0 aromatic rings. The van der Waals surface area contributed by atoms with Gasteiger partial charge in [-0.05, 0) is 53.4 Å². The van der Waals surface area contributed by atoms with E-state index in [2.05, 4.69) is 27.7 Å². The molecule has 0 radical (unpaired) electrons. The van der Waals surface area contributed by atoms with E-state index >= 15 is 0 Å². The molecule has 0 aliphatic rings. The first-order valence-corrected chi connectivity index (χ1v) is 8.72. The van der Waals surface area contributed by atoms with Gasteiger partial charge in [0.25, 0.3) is 0 Å². The van der Waals surface area contributed by atoms with Crippen LogP contribution >= 0.6 is 23.2 Å². The summed E-state index contributed by atoms with van der Waals surface area (Å²) in [5.41, 5.74) is -0.0788. The highest BCUT2D eigenvalue weighted by molar-refractivity contribution is 6.18. The van der Waals surface area contributed by atoms with E-state index in [1.165, 1.54) is 25.7 Å². The van der Waals surface area contributed by atoms with Gasteiger partial charge in [0.15, 0.2) is 0 Å². The molecule has 19 heavy (non-hydrogen) atoms. The molecule has 0 spiro atoms. The van der Waals surface area contributed by atoms with E-state index in [0.717, 1.165) is 37.4 Å². The number of rotatable bonds is 12. The maximum absolute atomic E-state index is 6.32. The Morgan fingerprint density at radius 1 is 0.632 bits per heavy atom. The molecule has 0 unspecified atom stereocenters. The van der Waals surface area contributed by atoms with Crippen LogP contribution in [0.3, 0.4) is 0 Å². The Morgan fingerprint density at radius 3 is 1.32 bits per heavy atom. The molecule has 0 saturated heterocycles. The lowest BCUT2D eigenvalue weighted by molar-refractivity contribution is -0.130. The van der Waals surface area contributed by atoms with Gasteiger partial charge < -0.3 is 4.74 Å². The summed E-state index contributed by atoms with van der Waals surface area (Å²) in [5, 5.41) is 0. The van der Waals surface area contributed by atoms with Gasteiger partial charge in [0.05, 0.1) is 11.2 Å². The molecule has 0 fully saturated rings. The minimum Gasteiger partial charge on any atom is -0.370 e. The van der Waals surface area contributed by atoms with Crippen LogP contribution in [-0.2, 0) is 4.74 Å². The molecule has 3 heteroatoms. The van der Waals surface area contributed by atoms with Crippen molar-refractivity contribution in [2.24, 2.45) is 0 Å². The minimum absolute atomic E-state index is 0.0394. The van der Waals surface area contributed by atoms with E-state index < -0.39 is 0 Å². The number of hydrogen-bond donors (Lipinski definition) is 0. The van der Waals surface area contributed by atoms with Gasteiger partial charge in [-0.2, -0.15) is 0 Å². The van der Waals surface area contributed by atoms with E-state index in [-0.39, 0.29) is 11.2 Å². The smallest absolute Gasteiger partial charge is 0.0633 e. The number of unbranched alkanes of at least 4 members (excludes halogenated alkanes) is 4. The summed E-state index contributed by atoms with van der Waals surface area (Å²) in [6.07, 6.45) is 9.23. The molecule has 0 aromatic heterocycles. The number of halogens is 2. The van der Waals surface area contributed by atoms with E-state index in [4.69, 9.17) is 27.9 Å². The fraction of sp³-hybridized carbons (Fsp3) is 1.00. The molecule has 0 aliphatic carbocycles. The van der Waals surface area contributed by atoms with Crippen LogP contribution in [0.4, 0.5) is 0 Å². The Balaban J connectivity index is 3.93. The van der Waals surface area contributed by atoms with Crippen LogP contribution in [-0.4, -0.2) is 23.0 Å². The summed E-state index contributed by atoms with van der Waals surface area (Å²) in [6, 6.07) is 0. The third-order valence-corrected chi connectivity index (χ3v) is 3.91. The van der Waals surface area contributed by atoms with Crippen molar-refractivity contribution in [3.63, 3.8) is 0 Å². The van der Waals surface area contributed by atoms with Gasteiger partial charge in [-0.1, -0.05) is 25.7 Å². The fourth-order valence-electron chi connectivity index (χ4n) is 2.49. The van der Waals surface area contributed by atoms with Crippen molar-refractivity contribution in [2.45, 2.75) is 90.3 Å². The first-order valence-electron chi connectivity index (χ1n) is 7.65. The van der Waals surface area contributed by atoms with Gasteiger partial charge in [0.1, 0.15) is 0 Å². The Bertz CT molecular complexity index is 193. The Hall–Kier alpha value is 0.540. The van der Waals surface area contributed by atoms with Crippen LogP contribution in [0.15, 0.2) is 0 Å². The Labute approximate surface area is 130 Å². The summed E-state index contributed by atoms with van der Waals surface area (Å²) in [4.78, 5) is 0. The highest BCUT2D eigenvalue weighted by Gasteiger charge is 2.28. The van der Waals surface area contributed by atoms with Crippen LogP contribution in [0.2, 0.25) is 0 Å². The molecule has 0 bridgehead atoms. The predicted octanol–water partition coefficient (Wildman–Crippen LogP) is 6.16. The molecule has 0 aromatic carbocycles. The molecule has 1 nitrogen and oxygen atoms in total.